The molecule has 7 nitrogen and oxygen atoms in total. The fourth-order valence-electron chi connectivity index (χ4n) is 3.55. The van der Waals surface area contributed by atoms with Crippen molar-refractivity contribution < 1.29 is 18.4 Å². The summed E-state index contributed by atoms with van der Waals surface area (Å²) < 4.78 is 44.0. The van der Waals surface area contributed by atoms with Crippen molar-refractivity contribution in [3.8, 4) is 11.1 Å². The molecule has 0 aliphatic heterocycles. The molecular formula is C27H30F3N6OS+. The Morgan fingerprint density at radius 2 is 1.87 bits per heavy atom. The van der Waals surface area contributed by atoms with Crippen LogP contribution in [0.2, 0.25) is 0 Å². The number of aromatic nitrogens is 3. The van der Waals surface area contributed by atoms with Crippen molar-refractivity contribution >= 4 is 35.4 Å². The first-order valence-electron chi connectivity index (χ1n) is 12.0. The van der Waals surface area contributed by atoms with E-state index in [0.29, 0.717) is 11.2 Å². The maximum Gasteiger partial charge on any atom is 0.227 e. The van der Waals surface area contributed by atoms with Crippen molar-refractivity contribution in [3.05, 3.63) is 90.0 Å². The molecule has 1 aromatic carbocycles. The first-order valence-corrected chi connectivity index (χ1v) is 12.4. The number of hydrogen-bond acceptors (Lipinski definition) is 6. The van der Waals surface area contributed by atoms with Crippen LogP contribution in [0.4, 0.5) is 24.5 Å². The highest BCUT2D eigenvalue weighted by atomic mass is 32.1. The van der Waals surface area contributed by atoms with Crippen molar-refractivity contribution in [1.29, 1.82) is 5.41 Å². The number of rotatable bonds is 7. The molecule has 1 atom stereocenters. The summed E-state index contributed by atoms with van der Waals surface area (Å²) in [7, 11) is 0. The average molecular weight is 544 g/mol. The van der Waals surface area contributed by atoms with Gasteiger partial charge in [0.25, 0.3) is 0 Å². The van der Waals surface area contributed by atoms with E-state index in [4.69, 9.17) is 5.41 Å². The normalized spacial score (nSPS) is 12.8. The molecule has 0 radical (unpaired) electrons. The van der Waals surface area contributed by atoms with Crippen molar-refractivity contribution in [2.45, 2.75) is 40.5 Å². The highest BCUT2D eigenvalue weighted by molar-refractivity contribution is 7.79. The van der Waals surface area contributed by atoms with Gasteiger partial charge in [0, 0.05) is 22.0 Å². The third kappa shape index (κ3) is 6.24. The van der Waals surface area contributed by atoms with Gasteiger partial charge in [0.1, 0.15) is 47.9 Å². The molecule has 11 heteroatoms. The number of aryl methyl sites for hydroxylation is 1. The minimum Gasteiger partial charge on any atom is -0.305 e. The number of thiol groups is 1. The van der Waals surface area contributed by atoms with Gasteiger partial charge in [-0.1, -0.05) is 38.8 Å². The number of unbranched alkanes of at least 4 members (excludes halogenated alkanes) is 1. The smallest absolute Gasteiger partial charge is 0.227 e. The fraction of sp³-hybridized carbons (Fsp3) is 0.222. The fourth-order valence-corrected chi connectivity index (χ4v) is 3.86. The Balaban J connectivity index is 0.000000934. The van der Waals surface area contributed by atoms with E-state index in [2.05, 4.69) is 42.1 Å². The highest BCUT2D eigenvalue weighted by Gasteiger charge is 2.32. The predicted molar refractivity (Wildman–Crippen MR) is 148 cm³/mol. The second-order valence-corrected chi connectivity index (χ2v) is 9.05. The van der Waals surface area contributed by atoms with Crippen molar-refractivity contribution in [3.63, 3.8) is 0 Å². The van der Waals surface area contributed by atoms with E-state index in [1.165, 1.54) is 38.4 Å². The van der Waals surface area contributed by atoms with Gasteiger partial charge in [-0.3, -0.25) is 10.4 Å². The van der Waals surface area contributed by atoms with Gasteiger partial charge in [-0.2, -0.15) is 10.6 Å². The molecule has 0 saturated heterocycles. The highest BCUT2D eigenvalue weighted by Crippen LogP contribution is 2.34. The molecule has 0 amide bonds. The molecule has 0 spiro atoms. The Hall–Kier alpha value is -3.67. The molecule has 38 heavy (non-hydrogen) atoms. The SMILES string of the molecule is C/C=C\C(=N)c1ncn2cc(-c3c(F)ccc(N[N+](O)(S)c4cc(F)cnc4C)c3F)ccc12.CCCC. The molecular weight excluding hydrogens is 513 g/mol. The van der Waals surface area contributed by atoms with Crippen molar-refractivity contribution in [1.82, 2.24) is 18.5 Å². The molecule has 1 unspecified atom stereocenters. The molecule has 0 bridgehead atoms. The predicted octanol–water partition coefficient (Wildman–Crippen LogP) is 7.44. The minimum atomic E-state index is -1.42. The number of pyridine rings is 2. The van der Waals surface area contributed by atoms with Crippen LogP contribution in [0.5, 0.6) is 0 Å². The zero-order valence-electron chi connectivity index (χ0n) is 21.5. The maximum atomic E-state index is 15.5. The van der Waals surface area contributed by atoms with E-state index in [-0.39, 0.29) is 33.9 Å². The molecule has 4 rings (SSSR count). The molecule has 0 saturated carbocycles. The van der Waals surface area contributed by atoms with Crippen LogP contribution in [0.3, 0.4) is 0 Å². The number of allylic oxidation sites excluding steroid dienone is 2. The van der Waals surface area contributed by atoms with E-state index < -0.39 is 21.6 Å². The Kier molecular flexibility index (Phi) is 9.31. The molecule has 3 N–H and O–H groups in total. The Morgan fingerprint density at radius 3 is 2.53 bits per heavy atom. The summed E-state index contributed by atoms with van der Waals surface area (Å²) in [5, 5.41) is 18.8. The number of halogens is 3. The lowest BCUT2D eigenvalue weighted by atomic mass is 10.0. The van der Waals surface area contributed by atoms with Crippen molar-refractivity contribution in [2.75, 3.05) is 5.43 Å². The molecule has 3 heterocycles. The second-order valence-electron chi connectivity index (χ2n) is 8.47. The van der Waals surface area contributed by atoms with Crippen LogP contribution in [0.15, 0.2) is 61.2 Å². The van der Waals surface area contributed by atoms with Gasteiger partial charge in [0.05, 0.1) is 23.0 Å². The van der Waals surface area contributed by atoms with E-state index in [9.17, 15) is 14.0 Å². The summed E-state index contributed by atoms with van der Waals surface area (Å²) in [6.07, 6.45) is 9.86. The topological polar surface area (TPSA) is 86.3 Å². The van der Waals surface area contributed by atoms with Gasteiger partial charge in [0.2, 0.25) is 5.69 Å². The number of benzene rings is 1. The third-order valence-electron chi connectivity index (χ3n) is 5.64. The molecule has 3 aromatic heterocycles. The maximum absolute atomic E-state index is 15.5. The van der Waals surface area contributed by atoms with Gasteiger partial charge < -0.3 is 4.40 Å². The van der Waals surface area contributed by atoms with Crippen LogP contribution in [0.25, 0.3) is 16.6 Å². The number of imidazole rings is 1. The Labute approximate surface area is 224 Å². The Bertz CT molecular complexity index is 1480. The summed E-state index contributed by atoms with van der Waals surface area (Å²) in [5.74, 6) is -2.54. The summed E-state index contributed by atoms with van der Waals surface area (Å²) in [6, 6.07) is 6.26. The standard InChI is InChI=1S/C23H20F3N6OS.C4H10/c1-3-4-17(27)23-19-8-5-14(11-31(19)12-29-23)21-16(25)6-7-18(22(21)26)30-32(33,34)20-9-15(24)10-28-13(20)2;1-3-4-2/h3-12,27,30,33-34H,1-2H3;3-4H2,1-2H3/q+1;/b4-3-,27-17?;. The van der Waals surface area contributed by atoms with E-state index in [0.717, 1.165) is 24.4 Å². The van der Waals surface area contributed by atoms with Gasteiger partial charge in [0.15, 0.2) is 5.82 Å². The number of anilines is 1. The van der Waals surface area contributed by atoms with Crippen LogP contribution < -0.4 is 9.59 Å². The first kappa shape index (κ1) is 28.9. The number of hydrogen-bond donors (Lipinski definition) is 4. The van der Waals surface area contributed by atoms with E-state index >= 15 is 4.39 Å². The van der Waals surface area contributed by atoms with Gasteiger partial charge in [-0.15, -0.1) is 0 Å². The van der Waals surface area contributed by atoms with Crippen LogP contribution in [0, 0.1) is 29.8 Å². The number of nitrogens with zero attached hydrogens (tertiary/aromatic N) is 4. The summed E-state index contributed by atoms with van der Waals surface area (Å²) >= 11 is 4.06. The monoisotopic (exact) mass is 543 g/mol. The van der Waals surface area contributed by atoms with Gasteiger partial charge in [-0.25, -0.2) is 18.2 Å². The summed E-state index contributed by atoms with van der Waals surface area (Å²) in [6.45, 7) is 7.67. The molecule has 0 fully saturated rings. The van der Waals surface area contributed by atoms with Gasteiger partial charge in [-0.05, 0) is 38.1 Å². The summed E-state index contributed by atoms with van der Waals surface area (Å²) in [5.41, 5.74) is 3.40. The number of quaternary nitrogens is 1. The van der Waals surface area contributed by atoms with E-state index in [1.54, 1.807) is 29.5 Å². The zero-order chi connectivity index (χ0) is 28.0. The Morgan fingerprint density at radius 1 is 1.16 bits per heavy atom. The third-order valence-corrected chi connectivity index (χ3v) is 5.95. The van der Waals surface area contributed by atoms with Crippen LogP contribution in [-0.4, -0.2) is 25.3 Å². The first-order chi connectivity index (χ1) is 18.0. The molecule has 0 aliphatic rings. The van der Waals surface area contributed by atoms with Gasteiger partial charge >= 0.3 is 0 Å². The lowest BCUT2D eigenvalue weighted by molar-refractivity contribution is 0.0511. The van der Waals surface area contributed by atoms with Crippen LogP contribution in [-0.2, 0) is 0 Å². The molecule has 200 valence electrons. The van der Waals surface area contributed by atoms with Crippen molar-refractivity contribution in [2.24, 2.45) is 0 Å². The quantitative estimate of drug-likeness (QED) is 0.0845. The molecule has 0 aliphatic carbocycles. The van der Waals surface area contributed by atoms with E-state index in [1.807, 2.05) is 0 Å². The summed E-state index contributed by atoms with van der Waals surface area (Å²) in [4.78, 5) is 8.04. The lowest BCUT2D eigenvalue weighted by Gasteiger charge is -2.24. The minimum absolute atomic E-state index is 0.0791. The largest absolute Gasteiger partial charge is 0.305 e. The second kappa shape index (κ2) is 12.2. The molecule has 4 aromatic rings. The average Bonchev–Trinajstić information content (AvgIpc) is 3.31. The number of nitrogens with one attached hydrogen (secondary N) is 2. The van der Waals surface area contributed by atoms with Crippen LogP contribution >= 0.6 is 12.8 Å². The van der Waals surface area contributed by atoms with Crippen LogP contribution in [0.1, 0.15) is 45.0 Å². The zero-order valence-corrected chi connectivity index (χ0v) is 22.4. The number of fused-ring (bicyclic) bond motifs is 1. The lowest BCUT2D eigenvalue weighted by Crippen LogP contribution is -2.42.